The number of rotatable bonds is 5. The molecular formula is C27H23N5O. The topological polar surface area (TPSA) is 106 Å². The van der Waals surface area contributed by atoms with Crippen LogP contribution in [0, 0.1) is 18.3 Å². The van der Waals surface area contributed by atoms with Gasteiger partial charge in [0.25, 0.3) is 5.91 Å². The van der Waals surface area contributed by atoms with Crippen LogP contribution < -0.4 is 5.73 Å². The highest BCUT2D eigenvalue weighted by atomic mass is 16.1. The molecule has 0 aliphatic carbocycles. The molecule has 0 saturated carbocycles. The van der Waals surface area contributed by atoms with Crippen LogP contribution in [0.5, 0.6) is 0 Å². The Morgan fingerprint density at radius 3 is 2.27 bits per heavy atom. The van der Waals surface area contributed by atoms with Gasteiger partial charge in [-0.2, -0.15) is 5.26 Å². The van der Waals surface area contributed by atoms with E-state index in [0.29, 0.717) is 0 Å². The SMILES string of the molecule is Cc1ncc(-c2ccnc(C(C)(C)C#N)c2)cc1-c1cccc(-c2ccnc(C(N)=O)c2)c1. The third kappa shape index (κ3) is 4.48. The molecule has 0 bridgehead atoms. The second kappa shape index (κ2) is 8.64. The first kappa shape index (κ1) is 21.8. The summed E-state index contributed by atoms with van der Waals surface area (Å²) in [6, 6.07) is 19.9. The third-order valence-corrected chi connectivity index (χ3v) is 5.62. The number of aromatic nitrogens is 3. The van der Waals surface area contributed by atoms with E-state index in [4.69, 9.17) is 5.73 Å². The van der Waals surface area contributed by atoms with Gasteiger partial charge < -0.3 is 5.73 Å². The highest BCUT2D eigenvalue weighted by molar-refractivity contribution is 5.92. The van der Waals surface area contributed by atoms with Crippen molar-refractivity contribution in [3.63, 3.8) is 0 Å². The van der Waals surface area contributed by atoms with Crippen LogP contribution in [0.25, 0.3) is 33.4 Å². The molecule has 0 unspecified atom stereocenters. The number of carbonyl (C=O) groups is 1. The first-order valence-electron chi connectivity index (χ1n) is 10.5. The van der Waals surface area contributed by atoms with E-state index in [1.807, 2.05) is 63.4 Å². The van der Waals surface area contributed by atoms with Crippen LogP contribution in [-0.2, 0) is 5.41 Å². The highest BCUT2D eigenvalue weighted by Crippen LogP contribution is 2.32. The van der Waals surface area contributed by atoms with Gasteiger partial charge in [-0.25, -0.2) is 0 Å². The number of benzene rings is 1. The summed E-state index contributed by atoms with van der Waals surface area (Å²) in [7, 11) is 0. The molecule has 162 valence electrons. The lowest BCUT2D eigenvalue weighted by molar-refractivity contribution is 0.0995. The minimum atomic E-state index is -0.681. The largest absolute Gasteiger partial charge is 0.364 e. The summed E-state index contributed by atoms with van der Waals surface area (Å²) < 4.78 is 0. The van der Waals surface area contributed by atoms with Crippen LogP contribution in [0.2, 0.25) is 0 Å². The lowest BCUT2D eigenvalue weighted by Gasteiger charge is -2.16. The number of nitriles is 1. The number of carbonyl (C=O) groups excluding carboxylic acids is 1. The van der Waals surface area contributed by atoms with Crippen molar-refractivity contribution in [1.29, 1.82) is 5.26 Å². The molecular weight excluding hydrogens is 410 g/mol. The lowest BCUT2D eigenvalue weighted by atomic mass is 9.89. The molecule has 6 nitrogen and oxygen atoms in total. The Hall–Kier alpha value is -4.37. The van der Waals surface area contributed by atoms with Crippen LogP contribution in [0.4, 0.5) is 0 Å². The zero-order chi connectivity index (χ0) is 23.6. The van der Waals surface area contributed by atoms with Crippen molar-refractivity contribution in [3.05, 3.63) is 90.3 Å². The standard InChI is InChI=1S/C27H23N5O/c1-17-23(12-22(15-32-17)20-8-10-31-25(14-20)27(2,3)16-28)21-6-4-5-18(11-21)19-7-9-30-24(13-19)26(29)33/h4-15H,1-3H3,(H2,29,33). The number of nitrogens with zero attached hydrogens (tertiary/aromatic N) is 4. The van der Waals surface area contributed by atoms with E-state index in [0.717, 1.165) is 44.8 Å². The van der Waals surface area contributed by atoms with Crippen LogP contribution in [0.1, 0.15) is 35.7 Å². The number of hydrogen-bond acceptors (Lipinski definition) is 5. The van der Waals surface area contributed by atoms with Gasteiger partial charge in [0.05, 0.1) is 17.2 Å². The van der Waals surface area contributed by atoms with E-state index < -0.39 is 11.3 Å². The summed E-state index contributed by atoms with van der Waals surface area (Å²) in [6.07, 6.45) is 5.14. The van der Waals surface area contributed by atoms with Gasteiger partial charge in [0.15, 0.2) is 0 Å². The van der Waals surface area contributed by atoms with E-state index in [2.05, 4.69) is 33.2 Å². The predicted octanol–water partition coefficient (Wildman–Crippen LogP) is 5.08. The molecule has 0 atom stereocenters. The van der Waals surface area contributed by atoms with Crippen molar-refractivity contribution in [2.45, 2.75) is 26.2 Å². The fraction of sp³-hybridized carbons (Fsp3) is 0.148. The number of aryl methyl sites for hydroxylation is 1. The molecule has 0 aliphatic rings. The fourth-order valence-corrected chi connectivity index (χ4v) is 3.60. The van der Waals surface area contributed by atoms with Gasteiger partial charge in [0.2, 0.25) is 0 Å². The minimum absolute atomic E-state index is 0.228. The molecule has 0 fully saturated rings. The number of amides is 1. The van der Waals surface area contributed by atoms with Crippen LogP contribution in [0.3, 0.4) is 0 Å². The van der Waals surface area contributed by atoms with E-state index in [1.54, 1.807) is 18.5 Å². The monoisotopic (exact) mass is 433 g/mol. The Balaban J connectivity index is 1.77. The molecule has 0 spiro atoms. The predicted molar refractivity (Wildman–Crippen MR) is 128 cm³/mol. The van der Waals surface area contributed by atoms with Gasteiger partial charge in [-0.1, -0.05) is 18.2 Å². The van der Waals surface area contributed by atoms with Crippen molar-refractivity contribution in [2.24, 2.45) is 5.73 Å². The molecule has 0 saturated heterocycles. The van der Waals surface area contributed by atoms with Crippen molar-refractivity contribution in [1.82, 2.24) is 15.0 Å². The molecule has 3 aromatic heterocycles. The van der Waals surface area contributed by atoms with Crippen molar-refractivity contribution in [2.75, 3.05) is 0 Å². The maximum atomic E-state index is 11.5. The first-order chi connectivity index (χ1) is 15.8. The summed E-state index contributed by atoms with van der Waals surface area (Å²) in [5, 5.41) is 9.47. The van der Waals surface area contributed by atoms with Gasteiger partial charge in [-0.15, -0.1) is 0 Å². The van der Waals surface area contributed by atoms with Gasteiger partial charge in [0, 0.05) is 35.4 Å². The molecule has 4 rings (SSSR count). The van der Waals surface area contributed by atoms with Gasteiger partial charge in [-0.3, -0.25) is 19.7 Å². The number of nitrogens with two attached hydrogens (primary N) is 1. The van der Waals surface area contributed by atoms with Crippen molar-refractivity contribution >= 4 is 5.91 Å². The molecule has 3 heterocycles. The third-order valence-electron chi connectivity index (χ3n) is 5.62. The van der Waals surface area contributed by atoms with E-state index in [9.17, 15) is 10.1 Å². The lowest BCUT2D eigenvalue weighted by Crippen LogP contribution is -2.15. The zero-order valence-electron chi connectivity index (χ0n) is 18.7. The molecule has 0 aliphatic heterocycles. The summed E-state index contributed by atoms with van der Waals surface area (Å²) in [4.78, 5) is 24.6. The second-order valence-electron chi connectivity index (χ2n) is 8.40. The number of hydrogen-bond donors (Lipinski definition) is 1. The number of pyridine rings is 3. The maximum Gasteiger partial charge on any atom is 0.267 e. The van der Waals surface area contributed by atoms with Gasteiger partial charge in [-0.05, 0) is 79.4 Å². The molecule has 4 aromatic rings. The Labute approximate surface area is 192 Å². The van der Waals surface area contributed by atoms with E-state index >= 15 is 0 Å². The number of primary amides is 1. The molecule has 0 radical (unpaired) electrons. The fourth-order valence-electron chi connectivity index (χ4n) is 3.60. The highest BCUT2D eigenvalue weighted by Gasteiger charge is 2.22. The smallest absolute Gasteiger partial charge is 0.267 e. The first-order valence-corrected chi connectivity index (χ1v) is 10.5. The molecule has 6 heteroatoms. The quantitative estimate of drug-likeness (QED) is 0.472. The van der Waals surface area contributed by atoms with Crippen LogP contribution >= 0.6 is 0 Å². The summed E-state index contributed by atoms with van der Waals surface area (Å²) in [5.41, 5.74) is 12.3. The van der Waals surface area contributed by atoms with Crippen molar-refractivity contribution in [3.8, 4) is 39.4 Å². The molecule has 1 aromatic carbocycles. The van der Waals surface area contributed by atoms with Crippen molar-refractivity contribution < 1.29 is 4.79 Å². The summed E-state index contributed by atoms with van der Waals surface area (Å²) >= 11 is 0. The Morgan fingerprint density at radius 2 is 1.55 bits per heavy atom. The van der Waals surface area contributed by atoms with Gasteiger partial charge in [0.1, 0.15) is 5.69 Å². The average molecular weight is 434 g/mol. The Bertz CT molecular complexity index is 1400. The maximum absolute atomic E-state index is 11.5. The molecule has 33 heavy (non-hydrogen) atoms. The second-order valence-corrected chi connectivity index (χ2v) is 8.40. The van der Waals surface area contributed by atoms with Crippen LogP contribution in [-0.4, -0.2) is 20.9 Å². The molecule has 1 amide bonds. The molecule has 2 N–H and O–H groups in total. The summed E-state index contributed by atoms with van der Waals surface area (Å²) in [5.74, 6) is -0.558. The van der Waals surface area contributed by atoms with Crippen LogP contribution in [0.15, 0.2) is 73.2 Å². The van der Waals surface area contributed by atoms with E-state index in [1.165, 1.54) is 0 Å². The Kier molecular flexibility index (Phi) is 5.72. The Morgan fingerprint density at radius 1 is 0.879 bits per heavy atom. The minimum Gasteiger partial charge on any atom is -0.364 e. The summed E-state index contributed by atoms with van der Waals surface area (Å²) in [6.45, 7) is 5.68. The zero-order valence-corrected chi connectivity index (χ0v) is 18.7. The average Bonchev–Trinajstić information content (AvgIpc) is 2.84. The van der Waals surface area contributed by atoms with Gasteiger partial charge >= 0.3 is 0 Å². The normalized spacial score (nSPS) is 11.1. The van der Waals surface area contributed by atoms with E-state index in [-0.39, 0.29) is 5.69 Å².